The molecule has 1 aliphatic heterocycles. The van der Waals surface area contributed by atoms with Crippen LogP contribution in [0.4, 0.5) is 0 Å². The molecular weight excluding hydrogens is 262 g/mol. The molecule has 3 nitrogen and oxygen atoms in total. The number of hydrogen-bond donors (Lipinski definition) is 1. The van der Waals surface area contributed by atoms with Crippen molar-refractivity contribution in [1.82, 2.24) is 5.32 Å². The van der Waals surface area contributed by atoms with Crippen molar-refractivity contribution in [2.45, 2.75) is 37.8 Å². The monoisotopic (exact) mass is 279 g/mol. The van der Waals surface area contributed by atoms with Crippen molar-refractivity contribution in [2.24, 2.45) is 5.92 Å². The van der Waals surface area contributed by atoms with Gasteiger partial charge in [-0.05, 0) is 30.9 Å². The Morgan fingerprint density at radius 2 is 2.26 bits per heavy atom. The van der Waals surface area contributed by atoms with Crippen LogP contribution >= 0.6 is 11.6 Å². The van der Waals surface area contributed by atoms with E-state index >= 15 is 0 Å². The average molecular weight is 280 g/mol. The molecule has 0 aromatic heterocycles. The van der Waals surface area contributed by atoms with Gasteiger partial charge in [-0.15, -0.1) is 0 Å². The van der Waals surface area contributed by atoms with Crippen molar-refractivity contribution in [3.05, 3.63) is 34.9 Å². The standard InChI is InChI=1S/C15H18ClNO2/c16-12-4-2-1-3-10(12)5-6-15(18)17-13-9-14-11(13)7-8-19-14/h1-4,11,13-14H,5-9H2,(H,17,18)/t11-,13+,14+/m1/s1. The van der Waals surface area contributed by atoms with Gasteiger partial charge in [-0.25, -0.2) is 0 Å². The first-order valence-corrected chi connectivity index (χ1v) is 7.26. The smallest absolute Gasteiger partial charge is 0.220 e. The first kappa shape index (κ1) is 12.9. The molecule has 102 valence electrons. The number of benzene rings is 1. The predicted octanol–water partition coefficient (Wildman–Crippen LogP) is 2.57. The van der Waals surface area contributed by atoms with E-state index in [0.29, 0.717) is 30.9 Å². The Labute approximate surface area is 118 Å². The predicted molar refractivity (Wildman–Crippen MR) is 74.2 cm³/mol. The van der Waals surface area contributed by atoms with Gasteiger partial charge in [-0.3, -0.25) is 4.79 Å². The summed E-state index contributed by atoms with van der Waals surface area (Å²) in [5, 5.41) is 3.85. The van der Waals surface area contributed by atoms with Crippen molar-refractivity contribution in [3.8, 4) is 0 Å². The number of aryl methyl sites for hydroxylation is 1. The Kier molecular flexibility index (Phi) is 3.76. The molecule has 1 saturated heterocycles. The molecule has 1 aliphatic carbocycles. The van der Waals surface area contributed by atoms with Gasteiger partial charge in [-0.2, -0.15) is 0 Å². The van der Waals surface area contributed by atoms with E-state index < -0.39 is 0 Å². The fraction of sp³-hybridized carbons (Fsp3) is 0.533. The van der Waals surface area contributed by atoms with Crippen LogP contribution in [0.5, 0.6) is 0 Å². The van der Waals surface area contributed by atoms with Crippen LogP contribution in [-0.4, -0.2) is 24.7 Å². The van der Waals surface area contributed by atoms with Crippen LogP contribution in [0.15, 0.2) is 24.3 Å². The summed E-state index contributed by atoms with van der Waals surface area (Å²) in [5.41, 5.74) is 1.04. The minimum absolute atomic E-state index is 0.121. The molecule has 2 fully saturated rings. The van der Waals surface area contributed by atoms with Gasteiger partial charge >= 0.3 is 0 Å². The third kappa shape index (κ3) is 2.77. The minimum Gasteiger partial charge on any atom is -0.378 e. The molecule has 1 aromatic rings. The molecule has 4 heteroatoms. The average Bonchev–Trinajstić information content (AvgIpc) is 2.76. The zero-order valence-electron chi connectivity index (χ0n) is 10.8. The summed E-state index contributed by atoms with van der Waals surface area (Å²) in [4.78, 5) is 11.9. The molecule has 1 amide bonds. The fourth-order valence-electron chi connectivity index (χ4n) is 2.99. The lowest BCUT2D eigenvalue weighted by Crippen LogP contribution is -2.53. The van der Waals surface area contributed by atoms with Crippen molar-refractivity contribution >= 4 is 17.5 Å². The molecule has 1 aromatic carbocycles. The molecule has 0 bridgehead atoms. The largest absolute Gasteiger partial charge is 0.378 e. The molecule has 0 radical (unpaired) electrons. The maximum atomic E-state index is 11.9. The Morgan fingerprint density at radius 3 is 3.05 bits per heavy atom. The number of ether oxygens (including phenoxy) is 1. The maximum Gasteiger partial charge on any atom is 0.220 e. The number of hydrogen-bond acceptors (Lipinski definition) is 2. The first-order valence-electron chi connectivity index (χ1n) is 6.88. The third-order valence-electron chi connectivity index (χ3n) is 4.19. The van der Waals surface area contributed by atoms with E-state index in [1.165, 1.54) is 0 Å². The second-order valence-electron chi connectivity index (χ2n) is 5.36. The molecule has 0 unspecified atom stereocenters. The van der Waals surface area contributed by atoms with E-state index in [2.05, 4.69) is 5.32 Å². The minimum atomic E-state index is 0.121. The second kappa shape index (κ2) is 5.51. The quantitative estimate of drug-likeness (QED) is 0.920. The number of rotatable bonds is 4. The van der Waals surface area contributed by atoms with Gasteiger partial charge in [-0.1, -0.05) is 29.8 Å². The van der Waals surface area contributed by atoms with E-state index in [4.69, 9.17) is 16.3 Å². The van der Waals surface area contributed by atoms with Gasteiger partial charge in [0.05, 0.1) is 6.10 Å². The number of nitrogens with one attached hydrogen (secondary N) is 1. The molecule has 3 rings (SSSR count). The summed E-state index contributed by atoms with van der Waals surface area (Å²) in [6, 6.07) is 8.01. The molecule has 2 aliphatic rings. The highest BCUT2D eigenvalue weighted by atomic mass is 35.5. The Hall–Kier alpha value is -1.06. The third-order valence-corrected chi connectivity index (χ3v) is 4.56. The van der Waals surface area contributed by atoms with E-state index in [1.54, 1.807) is 0 Å². The summed E-state index contributed by atoms with van der Waals surface area (Å²) in [5.74, 6) is 0.666. The SMILES string of the molecule is O=C(CCc1ccccc1Cl)N[C@H]1C[C@@H]2OCC[C@H]12. The lowest BCUT2D eigenvalue weighted by atomic mass is 9.76. The zero-order chi connectivity index (χ0) is 13.2. The van der Waals surface area contributed by atoms with Crippen LogP contribution in [-0.2, 0) is 16.0 Å². The lowest BCUT2D eigenvalue weighted by Gasteiger charge is -2.39. The van der Waals surface area contributed by atoms with Crippen LogP contribution in [0, 0.1) is 5.92 Å². The number of fused-ring (bicyclic) bond motifs is 1. The van der Waals surface area contributed by atoms with E-state index in [-0.39, 0.29) is 5.91 Å². The fourth-order valence-corrected chi connectivity index (χ4v) is 3.22. The van der Waals surface area contributed by atoms with Crippen LogP contribution in [0.2, 0.25) is 5.02 Å². The van der Waals surface area contributed by atoms with E-state index in [9.17, 15) is 4.79 Å². The van der Waals surface area contributed by atoms with Gasteiger partial charge < -0.3 is 10.1 Å². The summed E-state index contributed by atoms with van der Waals surface area (Å²) < 4.78 is 5.54. The van der Waals surface area contributed by atoms with Gasteiger partial charge in [0, 0.05) is 30.0 Å². The normalized spacial score (nSPS) is 28.6. The highest BCUT2D eigenvalue weighted by molar-refractivity contribution is 6.31. The van der Waals surface area contributed by atoms with Crippen molar-refractivity contribution in [2.75, 3.05) is 6.61 Å². The molecular formula is C15H18ClNO2. The number of carbonyl (C=O) groups excluding carboxylic acids is 1. The Balaban J connectivity index is 1.46. The highest BCUT2D eigenvalue weighted by Gasteiger charge is 2.45. The van der Waals surface area contributed by atoms with Gasteiger partial charge in [0.1, 0.15) is 0 Å². The van der Waals surface area contributed by atoms with Crippen molar-refractivity contribution in [1.29, 1.82) is 0 Å². The van der Waals surface area contributed by atoms with Gasteiger partial charge in [0.15, 0.2) is 0 Å². The summed E-state index contributed by atoms with van der Waals surface area (Å²) >= 11 is 6.08. The summed E-state index contributed by atoms with van der Waals surface area (Å²) in [6.07, 6.45) is 3.65. The molecule has 1 N–H and O–H groups in total. The summed E-state index contributed by atoms with van der Waals surface area (Å²) in [6.45, 7) is 0.849. The molecule has 1 saturated carbocycles. The van der Waals surface area contributed by atoms with Crippen molar-refractivity contribution < 1.29 is 9.53 Å². The topological polar surface area (TPSA) is 38.3 Å². The van der Waals surface area contributed by atoms with E-state index in [0.717, 1.165) is 30.0 Å². The molecule has 0 spiro atoms. The number of halogens is 1. The highest BCUT2D eigenvalue weighted by Crippen LogP contribution is 2.38. The van der Waals surface area contributed by atoms with Gasteiger partial charge in [0.2, 0.25) is 5.91 Å². The van der Waals surface area contributed by atoms with Crippen LogP contribution in [0.25, 0.3) is 0 Å². The Bertz CT molecular complexity index is 477. The first-order chi connectivity index (χ1) is 9.24. The van der Waals surface area contributed by atoms with Crippen LogP contribution in [0.3, 0.4) is 0 Å². The van der Waals surface area contributed by atoms with Crippen molar-refractivity contribution in [3.63, 3.8) is 0 Å². The number of carbonyl (C=O) groups is 1. The van der Waals surface area contributed by atoms with Crippen LogP contribution < -0.4 is 5.32 Å². The number of amides is 1. The Morgan fingerprint density at radius 1 is 1.42 bits per heavy atom. The molecule has 1 heterocycles. The zero-order valence-corrected chi connectivity index (χ0v) is 11.5. The molecule has 3 atom stereocenters. The molecule has 19 heavy (non-hydrogen) atoms. The summed E-state index contributed by atoms with van der Waals surface area (Å²) in [7, 11) is 0. The van der Waals surface area contributed by atoms with Gasteiger partial charge in [0.25, 0.3) is 0 Å². The van der Waals surface area contributed by atoms with Crippen LogP contribution in [0.1, 0.15) is 24.8 Å². The maximum absolute atomic E-state index is 11.9. The lowest BCUT2D eigenvalue weighted by molar-refractivity contribution is -0.124. The second-order valence-corrected chi connectivity index (χ2v) is 5.77. The van der Waals surface area contributed by atoms with E-state index in [1.807, 2.05) is 24.3 Å².